The summed E-state index contributed by atoms with van der Waals surface area (Å²) in [5.41, 5.74) is 6.06. The molecule has 0 heterocycles. The van der Waals surface area contributed by atoms with Crippen molar-refractivity contribution >= 4 is 17.5 Å². The number of carbonyl (C=O) groups is 1. The normalized spacial score (nSPS) is 12.0. The predicted octanol–water partition coefficient (Wildman–Crippen LogP) is 2.49. The van der Waals surface area contributed by atoms with Gasteiger partial charge in [-0.3, -0.25) is 4.79 Å². The van der Waals surface area contributed by atoms with Crippen LogP contribution in [0.5, 0.6) is 11.5 Å². The minimum absolute atomic E-state index is 0.235. The number of ether oxygens (including phenoxy) is 2. The molecule has 0 saturated heterocycles. The molecule has 0 spiro atoms. The van der Waals surface area contributed by atoms with Gasteiger partial charge < -0.3 is 20.5 Å². The molecule has 0 aliphatic rings. The Labute approximate surface area is 130 Å². The highest BCUT2D eigenvalue weighted by molar-refractivity contribution is 6.32. The molecule has 6 heteroatoms. The number of rotatable bonds is 9. The van der Waals surface area contributed by atoms with Crippen molar-refractivity contribution < 1.29 is 14.3 Å². The average molecular weight is 315 g/mol. The highest BCUT2D eigenvalue weighted by Crippen LogP contribution is 2.36. The van der Waals surface area contributed by atoms with Crippen LogP contribution in [0.15, 0.2) is 12.1 Å². The molecule has 0 fully saturated rings. The molecular formula is C15H23ClN2O3. The Bertz CT molecular complexity index is 480. The van der Waals surface area contributed by atoms with Crippen LogP contribution in [-0.4, -0.2) is 25.7 Å². The lowest BCUT2D eigenvalue weighted by molar-refractivity contribution is -0.119. The van der Waals surface area contributed by atoms with E-state index >= 15 is 0 Å². The van der Waals surface area contributed by atoms with Gasteiger partial charge in [-0.2, -0.15) is 0 Å². The highest BCUT2D eigenvalue weighted by Gasteiger charge is 2.13. The Morgan fingerprint density at radius 3 is 2.76 bits per heavy atom. The number of primary amides is 1. The van der Waals surface area contributed by atoms with Gasteiger partial charge in [0.05, 0.1) is 12.1 Å². The first kappa shape index (κ1) is 17.6. The molecule has 3 N–H and O–H groups in total. The second-order valence-corrected chi connectivity index (χ2v) is 5.34. The molecule has 5 nitrogen and oxygen atoms in total. The van der Waals surface area contributed by atoms with Crippen LogP contribution in [0.2, 0.25) is 5.02 Å². The van der Waals surface area contributed by atoms with Gasteiger partial charge >= 0.3 is 0 Å². The van der Waals surface area contributed by atoms with Gasteiger partial charge in [-0.1, -0.05) is 24.9 Å². The first-order valence-electron chi connectivity index (χ1n) is 6.98. The third kappa shape index (κ3) is 5.81. The second kappa shape index (κ2) is 8.74. The van der Waals surface area contributed by atoms with Crippen molar-refractivity contribution in [2.24, 2.45) is 5.73 Å². The Kier molecular flexibility index (Phi) is 7.32. The molecule has 1 amide bonds. The SMILES string of the molecule is CCCC(C)NCc1cc(Cl)c(OCC(N)=O)c(OC)c1. The Morgan fingerprint density at radius 2 is 2.19 bits per heavy atom. The summed E-state index contributed by atoms with van der Waals surface area (Å²) < 4.78 is 10.6. The van der Waals surface area contributed by atoms with Crippen molar-refractivity contribution in [3.8, 4) is 11.5 Å². The van der Waals surface area contributed by atoms with E-state index in [1.807, 2.05) is 6.07 Å². The van der Waals surface area contributed by atoms with E-state index in [2.05, 4.69) is 19.2 Å². The monoisotopic (exact) mass is 314 g/mol. The summed E-state index contributed by atoms with van der Waals surface area (Å²) in [7, 11) is 1.53. The molecule has 0 aliphatic carbocycles. The summed E-state index contributed by atoms with van der Waals surface area (Å²) in [4.78, 5) is 10.8. The van der Waals surface area contributed by atoms with E-state index in [-0.39, 0.29) is 6.61 Å². The fourth-order valence-electron chi connectivity index (χ4n) is 1.99. The van der Waals surface area contributed by atoms with E-state index < -0.39 is 5.91 Å². The van der Waals surface area contributed by atoms with Gasteiger partial charge in [0, 0.05) is 12.6 Å². The van der Waals surface area contributed by atoms with Crippen LogP contribution in [-0.2, 0) is 11.3 Å². The third-order valence-corrected chi connectivity index (χ3v) is 3.31. The van der Waals surface area contributed by atoms with E-state index in [1.165, 1.54) is 7.11 Å². The minimum atomic E-state index is -0.563. The summed E-state index contributed by atoms with van der Waals surface area (Å²) >= 11 is 6.19. The fraction of sp³-hybridized carbons (Fsp3) is 0.533. The maximum atomic E-state index is 10.8. The topological polar surface area (TPSA) is 73.6 Å². The van der Waals surface area contributed by atoms with Crippen molar-refractivity contribution in [3.63, 3.8) is 0 Å². The molecule has 1 aromatic rings. The van der Waals surface area contributed by atoms with Gasteiger partial charge in [0.15, 0.2) is 18.1 Å². The zero-order valence-corrected chi connectivity index (χ0v) is 13.5. The van der Waals surface area contributed by atoms with Crippen molar-refractivity contribution in [2.75, 3.05) is 13.7 Å². The van der Waals surface area contributed by atoms with Crippen molar-refractivity contribution in [1.82, 2.24) is 5.32 Å². The molecule has 1 atom stereocenters. The first-order chi connectivity index (χ1) is 9.97. The van der Waals surface area contributed by atoms with Crippen LogP contribution in [0, 0.1) is 0 Å². The number of methoxy groups -OCH3 is 1. The maximum Gasteiger partial charge on any atom is 0.255 e. The van der Waals surface area contributed by atoms with E-state index in [4.69, 9.17) is 26.8 Å². The number of halogens is 1. The average Bonchev–Trinajstić information content (AvgIpc) is 2.43. The number of hydrogen-bond donors (Lipinski definition) is 2. The third-order valence-electron chi connectivity index (χ3n) is 3.02. The minimum Gasteiger partial charge on any atom is -0.493 e. The molecule has 0 aliphatic heterocycles. The second-order valence-electron chi connectivity index (χ2n) is 4.93. The highest BCUT2D eigenvalue weighted by atomic mass is 35.5. The molecule has 1 rings (SSSR count). The van der Waals surface area contributed by atoms with E-state index in [0.717, 1.165) is 18.4 Å². The van der Waals surface area contributed by atoms with Crippen LogP contribution in [0.25, 0.3) is 0 Å². The lowest BCUT2D eigenvalue weighted by Crippen LogP contribution is -2.25. The van der Waals surface area contributed by atoms with Crippen LogP contribution >= 0.6 is 11.6 Å². The largest absolute Gasteiger partial charge is 0.493 e. The zero-order valence-electron chi connectivity index (χ0n) is 12.7. The number of nitrogens with two attached hydrogens (primary N) is 1. The molecule has 0 aromatic heterocycles. The van der Waals surface area contributed by atoms with Gasteiger partial charge in [0.1, 0.15) is 0 Å². The van der Waals surface area contributed by atoms with Crippen molar-refractivity contribution in [3.05, 3.63) is 22.7 Å². The summed E-state index contributed by atoms with van der Waals surface area (Å²) in [6, 6.07) is 4.07. The van der Waals surface area contributed by atoms with Crippen LogP contribution < -0.4 is 20.5 Å². The summed E-state index contributed by atoms with van der Waals surface area (Å²) in [6.07, 6.45) is 2.25. The Balaban J connectivity index is 2.80. The van der Waals surface area contributed by atoms with Crippen LogP contribution in [0.1, 0.15) is 32.3 Å². The number of carbonyl (C=O) groups excluding carboxylic acids is 1. The van der Waals surface area contributed by atoms with Crippen LogP contribution in [0.3, 0.4) is 0 Å². The first-order valence-corrected chi connectivity index (χ1v) is 7.36. The quantitative estimate of drug-likeness (QED) is 0.734. The van der Waals surface area contributed by atoms with Crippen LogP contribution in [0.4, 0.5) is 0 Å². The number of nitrogens with one attached hydrogen (secondary N) is 1. The molecule has 118 valence electrons. The number of hydrogen-bond acceptors (Lipinski definition) is 4. The molecular weight excluding hydrogens is 292 g/mol. The Hall–Kier alpha value is -1.46. The molecule has 1 unspecified atom stereocenters. The van der Waals surface area contributed by atoms with Gasteiger partial charge in [0.25, 0.3) is 5.91 Å². The molecule has 21 heavy (non-hydrogen) atoms. The smallest absolute Gasteiger partial charge is 0.255 e. The molecule has 0 saturated carbocycles. The maximum absolute atomic E-state index is 10.8. The van der Waals surface area contributed by atoms with Gasteiger partial charge in [0.2, 0.25) is 0 Å². The Morgan fingerprint density at radius 1 is 1.48 bits per heavy atom. The van der Waals surface area contributed by atoms with Gasteiger partial charge in [-0.25, -0.2) is 0 Å². The predicted molar refractivity (Wildman–Crippen MR) is 83.9 cm³/mol. The van der Waals surface area contributed by atoms with E-state index in [1.54, 1.807) is 6.07 Å². The summed E-state index contributed by atoms with van der Waals surface area (Å²) in [5, 5.41) is 3.82. The summed E-state index contributed by atoms with van der Waals surface area (Å²) in [6.45, 7) is 4.75. The lowest BCUT2D eigenvalue weighted by atomic mass is 10.1. The zero-order chi connectivity index (χ0) is 15.8. The molecule has 1 aromatic carbocycles. The standard InChI is InChI=1S/C15H23ClN2O3/c1-4-5-10(2)18-8-11-6-12(16)15(13(7-11)20-3)21-9-14(17)19/h6-7,10,18H,4-5,8-9H2,1-3H3,(H2,17,19). The van der Waals surface area contributed by atoms with E-state index in [9.17, 15) is 4.79 Å². The fourth-order valence-corrected chi connectivity index (χ4v) is 2.27. The summed E-state index contributed by atoms with van der Waals surface area (Å²) in [5.74, 6) is 0.263. The number of benzene rings is 1. The molecule has 0 bridgehead atoms. The van der Waals surface area contributed by atoms with Crippen molar-refractivity contribution in [1.29, 1.82) is 0 Å². The number of amides is 1. The van der Waals surface area contributed by atoms with Crippen molar-refractivity contribution in [2.45, 2.75) is 39.3 Å². The lowest BCUT2D eigenvalue weighted by Gasteiger charge is -2.16. The van der Waals surface area contributed by atoms with E-state index in [0.29, 0.717) is 29.1 Å². The van der Waals surface area contributed by atoms with Gasteiger partial charge in [-0.05, 0) is 31.0 Å². The van der Waals surface area contributed by atoms with Gasteiger partial charge in [-0.15, -0.1) is 0 Å². The molecule has 0 radical (unpaired) electrons.